The molecule has 5 rings (SSSR count). The second-order valence-corrected chi connectivity index (χ2v) is 8.16. The Morgan fingerprint density at radius 2 is 1.57 bits per heavy atom. The summed E-state index contributed by atoms with van der Waals surface area (Å²) in [4.78, 5) is 14.3. The van der Waals surface area contributed by atoms with E-state index in [1.54, 1.807) is 18.2 Å². The molecular formula is C24H25F3N2O. The van der Waals surface area contributed by atoms with E-state index in [-0.39, 0.29) is 11.3 Å². The van der Waals surface area contributed by atoms with Gasteiger partial charge in [0, 0.05) is 29.1 Å². The van der Waals surface area contributed by atoms with Gasteiger partial charge >= 0.3 is 0 Å². The SMILES string of the molecule is Fc1ccc(-c2cc3cc(F)cc(F)c3[nH]2)cc1.O=C(NC1CCCC1)C1CCC1. The van der Waals surface area contributed by atoms with Gasteiger partial charge in [0.2, 0.25) is 5.91 Å². The van der Waals surface area contributed by atoms with Crippen LogP contribution in [0.25, 0.3) is 22.2 Å². The molecule has 2 aliphatic rings. The molecule has 2 fully saturated rings. The van der Waals surface area contributed by atoms with Gasteiger partial charge < -0.3 is 10.3 Å². The van der Waals surface area contributed by atoms with Crippen LogP contribution in [0.2, 0.25) is 0 Å². The Balaban J connectivity index is 0.000000158. The molecule has 2 aromatic carbocycles. The predicted octanol–water partition coefficient (Wildman–Crippen LogP) is 6.10. The van der Waals surface area contributed by atoms with Gasteiger partial charge in [-0.2, -0.15) is 0 Å². The molecule has 2 saturated carbocycles. The van der Waals surface area contributed by atoms with Crippen molar-refractivity contribution in [2.75, 3.05) is 0 Å². The third-order valence-electron chi connectivity index (χ3n) is 5.98. The van der Waals surface area contributed by atoms with Crippen LogP contribution >= 0.6 is 0 Å². The minimum atomic E-state index is -0.640. The Hall–Kier alpha value is -2.76. The van der Waals surface area contributed by atoms with Crippen molar-refractivity contribution in [3.63, 3.8) is 0 Å². The van der Waals surface area contributed by atoms with Crippen molar-refractivity contribution in [1.82, 2.24) is 10.3 Å². The molecule has 2 aliphatic carbocycles. The highest BCUT2D eigenvalue weighted by Crippen LogP contribution is 2.28. The van der Waals surface area contributed by atoms with Crippen LogP contribution in [0.1, 0.15) is 44.9 Å². The number of benzene rings is 2. The molecule has 0 radical (unpaired) electrons. The summed E-state index contributed by atoms with van der Waals surface area (Å²) >= 11 is 0. The van der Waals surface area contributed by atoms with E-state index in [0.29, 0.717) is 34.5 Å². The Morgan fingerprint density at radius 1 is 0.867 bits per heavy atom. The van der Waals surface area contributed by atoms with Crippen LogP contribution in [0.4, 0.5) is 13.2 Å². The van der Waals surface area contributed by atoms with Crippen molar-refractivity contribution < 1.29 is 18.0 Å². The molecule has 0 spiro atoms. The van der Waals surface area contributed by atoms with E-state index in [9.17, 15) is 18.0 Å². The fourth-order valence-corrected chi connectivity index (χ4v) is 4.01. The van der Waals surface area contributed by atoms with Gasteiger partial charge in [-0.05, 0) is 67.6 Å². The standard InChI is InChI=1S/C14H8F3N.C10H17NO/c15-10-3-1-8(2-4-10)13-6-9-5-11(16)7-12(17)14(9)18-13;12-10(8-4-3-5-8)11-9-6-1-2-7-9/h1-7,18H;8-9H,1-7H2,(H,11,12). The number of aromatic amines is 1. The average molecular weight is 414 g/mol. The average Bonchev–Trinajstić information content (AvgIpc) is 3.31. The van der Waals surface area contributed by atoms with E-state index in [1.807, 2.05) is 0 Å². The second kappa shape index (κ2) is 8.94. The van der Waals surface area contributed by atoms with Gasteiger partial charge in [0.1, 0.15) is 17.5 Å². The molecule has 6 heteroatoms. The van der Waals surface area contributed by atoms with Gasteiger partial charge in [-0.1, -0.05) is 19.3 Å². The van der Waals surface area contributed by atoms with Crippen LogP contribution in [-0.2, 0) is 4.79 Å². The molecule has 0 saturated heterocycles. The summed E-state index contributed by atoms with van der Waals surface area (Å²) in [7, 11) is 0. The summed E-state index contributed by atoms with van der Waals surface area (Å²) in [6.45, 7) is 0. The number of H-pyrrole nitrogens is 1. The van der Waals surface area contributed by atoms with Gasteiger partial charge in [-0.25, -0.2) is 13.2 Å². The first kappa shape index (κ1) is 20.5. The summed E-state index contributed by atoms with van der Waals surface area (Å²) in [5.74, 6) is -0.908. The Morgan fingerprint density at radius 3 is 2.20 bits per heavy atom. The molecule has 0 aliphatic heterocycles. The first-order valence-electron chi connectivity index (χ1n) is 10.5. The highest BCUT2D eigenvalue weighted by Gasteiger charge is 2.27. The fourth-order valence-electron chi connectivity index (χ4n) is 4.01. The fraction of sp³-hybridized carbons (Fsp3) is 0.375. The van der Waals surface area contributed by atoms with E-state index < -0.39 is 11.6 Å². The van der Waals surface area contributed by atoms with Crippen molar-refractivity contribution in [3.05, 3.63) is 59.9 Å². The van der Waals surface area contributed by atoms with Crippen LogP contribution in [0, 0.1) is 23.4 Å². The number of carbonyl (C=O) groups is 1. The third-order valence-corrected chi connectivity index (χ3v) is 5.98. The molecule has 0 atom stereocenters. The maximum Gasteiger partial charge on any atom is 0.223 e. The van der Waals surface area contributed by atoms with E-state index in [4.69, 9.17) is 0 Å². The maximum absolute atomic E-state index is 13.5. The number of nitrogens with one attached hydrogen (secondary N) is 2. The highest BCUT2D eigenvalue weighted by atomic mass is 19.1. The number of amides is 1. The first-order valence-corrected chi connectivity index (χ1v) is 10.5. The Kier molecular flexibility index (Phi) is 6.11. The summed E-state index contributed by atoms with van der Waals surface area (Å²) in [6.07, 6.45) is 8.52. The number of fused-ring (bicyclic) bond motifs is 1. The van der Waals surface area contributed by atoms with Gasteiger partial charge in [-0.3, -0.25) is 4.79 Å². The lowest BCUT2D eigenvalue weighted by molar-refractivity contribution is -0.128. The van der Waals surface area contributed by atoms with Crippen LogP contribution in [-0.4, -0.2) is 16.9 Å². The van der Waals surface area contributed by atoms with Crippen molar-refractivity contribution >= 4 is 16.8 Å². The van der Waals surface area contributed by atoms with E-state index in [0.717, 1.165) is 18.9 Å². The van der Waals surface area contributed by atoms with E-state index >= 15 is 0 Å². The van der Waals surface area contributed by atoms with Gasteiger partial charge in [0.15, 0.2) is 0 Å². The predicted molar refractivity (Wildman–Crippen MR) is 111 cm³/mol. The lowest BCUT2D eigenvalue weighted by Gasteiger charge is -2.25. The van der Waals surface area contributed by atoms with Crippen molar-refractivity contribution in [3.8, 4) is 11.3 Å². The number of hydrogen-bond donors (Lipinski definition) is 2. The molecule has 0 unspecified atom stereocenters. The topological polar surface area (TPSA) is 44.9 Å². The molecule has 30 heavy (non-hydrogen) atoms. The number of halogens is 3. The maximum atomic E-state index is 13.5. The quantitative estimate of drug-likeness (QED) is 0.535. The molecule has 1 aromatic heterocycles. The van der Waals surface area contributed by atoms with Crippen LogP contribution in [0.3, 0.4) is 0 Å². The molecule has 158 valence electrons. The van der Waals surface area contributed by atoms with Crippen LogP contribution in [0.15, 0.2) is 42.5 Å². The van der Waals surface area contributed by atoms with Crippen molar-refractivity contribution in [2.24, 2.45) is 5.92 Å². The number of carbonyl (C=O) groups excluding carboxylic acids is 1. The number of rotatable bonds is 3. The first-order chi connectivity index (χ1) is 14.5. The Bertz CT molecular complexity index is 1020. The van der Waals surface area contributed by atoms with Gasteiger partial charge in [-0.15, -0.1) is 0 Å². The second-order valence-electron chi connectivity index (χ2n) is 8.16. The van der Waals surface area contributed by atoms with Crippen LogP contribution in [0.5, 0.6) is 0 Å². The number of hydrogen-bond acceptors (Lipinski definition) is 1. The summed E-state index contributed by atoms with van der Waals surface area (Å²) in [5.41, 5.74) is 1.58. The zero-order chi connectivity index (χ0) is 21.1. The molecule has 2 N–H and O–H groups in total. The minimum Gasteiger partial charge on any atom is -0.353 e. The molecule has 3 aromatic rings. The lowest BCUT2D eigenvalue weighted by atomic mass is 9.84. The summed E-state index contributed by atoms with van der Waals surface area (Å²) < 4.78 is 39.4. The molecule has 0 bridgehead atoms. The molecule has 1 amide bonds. The minimum absolute atomic E-state index is 0.246. The van der Waals surface area contributed by atoms with Crippen molar-refractivity contribution in [1.29, 1.82) is 0 Å². The molecular weight excluding hydrogens is 389 g/mol. The normalized spacial score (nSPS) is 16.8. The smallest absolute Gasteiger partial charge is 0.223 e. The van der Waals surface area contributed by atoms with E-state index in [2.05, 4.69) is 10.3 Å². The lowest BCUT2D eigenvalue weighted by Crippen LogP contribution is -2.39. The monoisotopic (exact) mass is 414 g/mol. The molecule has 3 nitrogen and oxygen atoms in total. The largest absolute Gasteiger partial charge is 0.353 e. The zero-order valence-corrected chi connectivity index (χ0v) is 16.7. The number of aromatic nitrogens is 1. The highest BCUT2D eigenvalue weighted by molar-refractivity contribution is 5.86. The zero-order valence-electron chi connectivity index (χ0n) is 16.7. The Labute approximate surface area is 173 Å². The summed E-state index contributed by atoms with van der Waals surface area (Å²) in [5, 5.41) is 3.59. The third kappa shape index (κ3) is 4.69. The van der Waals surface area contributed by atoms with Crippen molar-refractivity contribution in [2.45, 2.75) is 51.0 Å². The summed E-state index contributed by atoms with van der Waals surface area (Å²) in [6, 6.07) is 10.0. The van der Waals surface area contributed by atoms with Gasteiger partial charge in [0.05, 0.1) is 5.52 Å². The van der Waals surface area contributed by atoms with Gasteiger partial charge in [0.25, 0.3) is 0 Å². The van der Waals surface area contributed by atoms with E-state index in [1.165, 1.54) is 50.3 Å². The van der Waals surface area contributed by atoms with Crippen LogP contribution < -0.4 is 5.32 Å². The molecule has 1 heterocycles.